The van der Waals surface area contributed by atoms with E-state index in [9.17, 15) is 20.1 Å². The molecule has 1 aromatic rings. The molecule has 1 aromatic heterocycles. The van der Waals surface area contributed by atoms with Crippen molar-refractivity contribution in [1.29, 1.82) is 0 Å². The number of nitrogens with zero attached hydrogens (tertiary/aromatic N) is 2. The smallest absolute Gasteiger partial charge is 0.341 e. The predicted octanol–water partition coefficient (Wildman–Crippen LogP) is -1.45. The Balaban J connectivity index is 3.21. The van der Waals surface area contributed by atoms with Gasteiger partial charge in [0.05, 0.1) is 25.5 Å². The SMILES string of the molecule is Cc1nn(C)c(NC(CO)(CO)CO)c1C(=O)O. The van der Waals surface area contributed by atoms with E-state index in [0.29, 0.717) is 5.69 Å². The lowest BCUT2D eigenvalue weighted by molar-refractivity contribution is 0.0691. The van der Waals surface area contributed by atoms with Gasteiger partial charge in [-0.15, -0.1) is 0 Å². The van der Waals surface area contributed by atoms with Gasteiger partial charge in [0.2, 0.25) is 0 Å². The van der Waals surface area contributed by atoms with Crippen LogP contribution in [0.5, 0.6) is 0 Å². The third-order valence-electron chi connectivity index (χ3n) is 2.73. The number of carbonyl (C=O) groups is 1. The van der Waals surface area contributed by atoms with Gasteiger partial charge in [0.1, 0.15) is 16.9 Å². The highest BCUT2D eigenvalue weighted by atomic mass is 16.4. The standard InChI is InChI=1S/C10H17N3O5/c1-6-7(9(17)18)8(13(2)12-6)11-10(3-14,4-15)5-16/h11,14-16H,3-5H2,1-2H3,(H,17,18). The summed E-state index contributed by atoms with van der Waals surface area (Å²) < 4.78 is 1.29. The van der Waals surface area contributed by atoms with Gasteiger partial charge in [-0.3, -0.25) is 4.68 Å². The predicted molar refractivity (Wildman–Crippen MR) is 62.5 cm³/mol. The van der Waals surface area contributed by atoms with Crippen LogP contribution in [0.25, 0.3) is 0 Å². The van der Waals surface area contributed by atoms with E-state index in [4.69, 9.17) is 5.11 Å². The third kappa shape index (κ3) is 2.45. The summed E-state index contributed by atoms with van der Waals surface area (Å²) in [6, 6.07) is 0. The molecule has 8 nitrogen and oxygen atoms in total. The Labute approximate surface area is 103 Å². The fourth-order valence-corrected chi connectivity index (χ4v) is 1.58. The summed E-state index contributed by atoms with van der Waals surface area (Å²) in [4.78, 5) is 11.1. The molecule has 1 rings (SSSR count). The summed E-state index contributed by atoms with van der Waals surface area (Å²) in [6.45, 7) is -0.122. The number of hydrogen-bond donors (Lipinski definition) is 5. The number of aromatic nitrogens is 2. The van der Waals surface area contributed by atoms with Crippen molar-refractivity contribution in [2.75, 3.05) is 25.1 Å². The molecule has 0 saturated carbocycles. The van der Waals surface area contributed by atoms with Crippen LogP contribution in [0.15, 0.2) is 0 Å². The number of anilines is 1. The van der Waals surface area contributed by atoms with Crippen LogP contribution in [0.3, 0.4) is 0 Å². The van der Waals surface area contributed by atoms with Crippen LogP contribution in [0.2, 0.25) is 0 Å². The molecular formula is C10H17N3O5. The fraction of sp³-hybridized carbons (Fsp3) is 0.600. The molecule has 0 amide bonds. The first-order valence-electron chi connectivity index (χ1n) is 5.28. The van der Waals surface area contributed by atoms with Gasteiger partial charge in [0, 0.05) is 7.05 Å². The zero-order valence-corrected chi connectivity index (χ0v) is 10.2. The second-order valence-electron chi connectivity index (χ2n) is 4.12. The van der Waals surface area contributed by atoms with Gasteiger partial charge in [-0.25, -0.2) is 4.79 Å². The third-order valence-corrected chi connectivity index (χ3v) is 2.73. The van der Waals surface area contributed by atoms with E-state index in [1.165, 1.54) is 18.7 Å². The van der Waals surface area contributed by atoms with Crippen LogP contribution >= 0.6 is 0 Å². The largest absolute Gasteiger partial charge is 0.477 e. The number of rotatable bonds is 6. The monoisotopic (exact) mass is 259 g/mol. The lowest BCUT2D eigenvalue weighted by Crippen LogP contribution is -2.50. The molecule has 5 N–H and O–H groups in total. The highest BCUT2D eigenvalue weighted by Crippen LogP contribution is 2.22. The van der Waals surface area contributed by atoms with Gasteiger partial charge in [0.25, 0.3) is 0 Å². The van der Waals surface area contributed by atoms with E-state index >= 15 is 0 Å². The fourth-order valence-electron chi connectivity index (χ4n) is 1.58. The Bertz CT molecular complexity index is 431. The Morgan fingerprint density at radius 1 is 1.33 bits per heavy atom. The van der Waals surface area contributed by atoms with E-state index in [2.05, 4.69) is 10.4 Å². The summed E-state index contributed by atoms with van der Waals surface area (Å²) in [5, 5.41) is 43.3. The van der Waals surface area contributed by atoms with Crippen LogP contribution in [0.4, 0.5) is 5.82 Å². The quantitative estimate of drug-likeness (QED) is 0.423. The molecule has 0 aliphatic carbocycles. The number of aliphatic hydroxyl groups excluding tert-OH is 3. The van der Waals surface area contributed by atoms with Crippen LogP contribution in [-0.2, 0) is 7.05 Å². The van der Waals surface area contributed by atoms with Gasteiger partial charge in [0.15, 0.2) is 0 Å². The summed E-state index contributed by atoms with van der Waals surface area (Å²) in [6.07, 6.45) is 0. The number of aromatic carboxylic acids is 1. The molecule has 0 aliphatic rings. The lowest BCUT2D eigenvalue weighted by Gasteiger charge is -2.29. The van der Waals surface area contributed by atoms with E-state index in [1.807, 2.05) is 0 Å². The maximum Gasteiger partial charge on any atom is 0.341 e. The molecule has 18 heavy (non-hydrogen) atoms. The zero-order valence-electron chi connectivity index (χ0n) is 10.2. The van der Waals surface area contributed by atoms with Gasteiger partial charge < -0.3 is 25.7 Å². The summed E-state index contributed by atoms with van der Waals surface area (Å²) in [7, 11) is 1.53. The number of aryl methyl sites for hydroxylation is 2. The van der Waals surface area contributed by atoms with Gasteiger partial charge in [-0.05, 0) is 6.92 Å². The average Bonchev–Trinajstić information content (AvgIpc) is 2.61. The van der Waals surface area contributed by atoms with E-state index < -0.39 is 31.3 Å². The Morgan fingerprint density at radius 2 is 1.83 bits per heavy atom. The molecule has 0 spiro atoms. The van der Waals surface area contributed by atoms with Crippen LogP contribution in [-0.4, -0.2) is 61.5 Å². The van der Waals surface area contributed by atoms with Gasteiger partial charge >= 0.3 is 5.97 Å². The van der Waals surface area contributed by atoms with Crippen LogP contribution in [0, 0.1) is 6.92 Å². The molecule has 1 heterocycles. The highest BCUT2D eigenvalue weighted by molar-refractivity contribution is 5.94. The molecule has 102 valence electrons. The molecule has 0 unspecified atom stereocenters. The molecular weight excluding hydrogens is 242 g/mol. The number of nitrogens with one attached hydrogen (secondary N) is 1. The van der Waals surface area contributed by atoms with Crippen molar-refractivity contribution >= 4 is 11.8 Å². The molecule has 0 bridgehead atoms. The summed E-state index contributed by atoms with van der Waals surface area (Å²) in [5.41, 5.74) is -1.16. The first kappa shape index (κ1) is 14.4. The second-order valence-corrected chi connectivity index (χ2v) is 4.12. The van der Waals surface area contributed by atoms with Crippen molar-refractivity contribution in [3.63, 3.8) is 0 Å². The number of carboxylic acids is 1. The maximum absolute atomic E-state index is 11.1. The molecule has 0 radical (unpaired) electrons. The van der Waals surface area contributed by atoms with E-state index in [-0.39, 0.29) is 11.4 Å². The van der Waals surface area contributed by atoms with Gasteiger partial charge in [-0.1, -0.05) is 0 Å². The van der Waals surface area contributed by atoms with E-state index in [0.717, 1.165) is 0 Å². The summed E-state index contributed by atoms with van der Waals surface area (Å²) >= 11 is 0. The highest BCUT2D eigenvalue weighted by Gasteiger charge is 2.31. The maximum atomic E-state index is 11.1. The first-order valence-corrected chi connectivity index (χ1v) is 5.28. The lowest BCUT2D eigenvalue weighted by atomic mass is 10.0. The zero-order chi connectivity index (χ0) is 13.9. The minimum absolute atomic E-state index is 0.0581. The van der Waals surface area contributed by atoms with Crippen molar-refractivity contribution in [3.05, 3.63) is 11.3 Å². The summed E-state index contributed by atoms with van der Waals surface area (Å²) in [5.74, 6) is -1.05. The minimum atomic E-state index is -1.40. The Morgan fingerprint density at radius 3 is 2.22 bits per heavy atom. The van der Waals surface area contributed by atoms with Crippen molar-refractivity contribution in [1.82, 2.24) is 9.78 Å². The molecule has 8 heteroatoms. The van der Waals surface area contributed by atoms with Crippen molar-refractivity contribution in [2.24, 2.45) is 7.05 Å². The first-order chi connectivity index (χ1) is 8.40. The molecule has 0 saturated heterocycles. The normalized spacial score (nSPS) is 11.6. The number of carboxylic acid groups (broad SMARTS) is 1. The van der Waals surface area contributed by atoms with E-state index in [1.54, 1.807) is 0 Å². The Hall–Kier alpha value is -1.64. The molecule has 0 atom stereocenters. The molecule has 0 aliphatic heterocycles. The van der Waals surface area contributed by atoms with Crippen molar-refractivity contribution in [3.8, 4) is 0 Å². The molecule has 0 fully saturated rings. The topological polar surface area (TPSA) is 128 Å². The Kier molecular flexibility index (Phi) is 4.28. The average molecular weight is 259 g/mol. The number of hydrogen-bond acceptors (Lipinski definition) is 6. The molecule has 0 aromatic carbocycles. The van der Waals surface area contributed by atoms with Crippen molar-refractivity contribution < 1.29 is 25.2 Å². The van der Waals surface area contributed by atoms with Crippen molar-refractivity contribution in [2.45, 2.75) is 12.5 Å². The second kappa shape index (κ2) is 5.34. The number of aliphatic hydroxyl groups is 3. The van der Waals surface area contributed by atoms with Crippen LogP contribution in [0.1, 0.15) is 16.1 Å². The van der Waals surface area contributed by atoms with Gasteiger partial charge in [-0.2, -0.15) is 5.10 Å². The van der Waals surface area contributed by atoms with Crippen LogP contribution < -0.4 is 5.32 Å². The minimum Gasteiger partial charge on any atom is -0.477 e.